The van der Waals surface area contributed by atoms with Crippen molar-refractivity contribution >= 4 is 23.1 Å². The number of alkyl halides is 3. The molecule has 1 unspecified atom stereocenters. The summed E-state index contributed by atoms with van der Waals surface area (Å²) in [7, 11) is 0. The van der Waals surface area contributed by atoms with Crippen LogP contribution in [0, 0.1) is 0 Å². The number of nitrogens with zero attached hydrogens (tertiary/aromatic N) is 2. The van der Waals surface area contributed by atoms with E-state index in [4.69, 9.17) is 4.74 Å². The highest BCUT2D eigenvalue weighted by Gasteiger charge is 2.35. The summed E-state index contributed by atoms with van der Waals surface area (Å²) in [6.45, 7) is 6.01. The van der Waals surface area contributed by atoms with E-state index in [9.17, 15) is 13.2 Å². The Labute approximate surface area is 192 Å². The highest BCUT2D eigenvalue weighted by atomic mass is 19.4. The van der Waals surface area contributed by atoms with E-state index in [0.717, 1.165) is 31.9 Å². The topological polar surface area (TPSA) is 59.1 Å². The molecule has 3 aromatic rings. The van der Waals surface area contributed by atoms with Gasteiger partial charge in [-0.3, -0.25) is 0 Å². The standard InChI is InChI=1S/C25H29F3N4O/c1-4-6-9-18-12-14-19(15-13-18)30-24-29-16-20(25(26,27)28)23(32-24)31-21-10-7-8-11-22(21)33-17(3)5-2/h7-8,10-17H,4-6,9H2,1-3H3,(H2,29,30,31,32). The lowest BCUT2D eigenvalue weighted by molar-refractivity contribution is -0.137. The van der Waals surface area contributed by atoms with Gasteiger partial charge in [0.25, 0.3) is 0 Å². The van der Waals surface area contributed by atoms with E-state index in [2.05, 4.69) is 27.5 Å². The van der Waals surface area contributed by atoms with Crippen molar-refractivity contribution in [1.29, 1.82) is 0 Å². The zero-order valence-electron chi connectivity index (χ0n) is 19.0. The van der Waals surface area contributed by atoms with Crippen LogP contribution < -0.4 is 15.4 Å². The molecule has 0 aliphatic heterocycles. The molecule has 0 radical (unpaired) electrons. The summed E-state index contributed by atoms with van der Waals surface area (Å²) in [4.78, 5) is 8.02. The number of anilines is 4. The van der Waals surface area contributed by atoms with Crippen molar-refractivity contribution in [3.63, 3.8) is 0 Å². The minimum absolute atomic E-state index is 0.0622. The molecule has 5 nitrogen and oxygen atoms in total. The number of unbranched alkanes of at least 4 members (excludes halogenated alkanes) is 1. The molecule has 176 valence electrons. The zero-order chi connectivity index (χ0) is 23.8. The molecule has 0 aliphatic carbocycles. The van der Waals surface area contributed by atoms with Gasteiger partial charge < -0.3 is 15.4 Å². The van der Waals surface area contributed by atoms with Gasteiger partial charge in [-0.25, -0.2) is 4.98 Å². The number of hydrogen-bond donors (Lipinski definition) is 2. The van der Waals surface area contributed by atoms with Crippen LogP contribution in [-0.4, -0.2) is 16.1 Å². The number of ether oxygens (including phenoxy) is 1. The summed E-state index contributed by atoms with van der Waals surface area (Å²) >= 11 is 0. The molecule has 1 aromatic heterocycles. The van der Waals surface area contributed by atoms with Gasteiger partial charge in [-0.2, -0.15) is 18.2 Å². The molecule has 0 saturated carbocycles. The van der Waals surface area contributed by atoms with Gasteiger partial charge in [0.2, 0.25) is 5.95 Å². The Hall–Kier alpha value is -3.29. The first-order chi connectivity index (χ1) is 15.8. The van der Waals surface area contributed by atoms with Crippen LogP contribution >= 0.6 is 0 Å². The molecule has 0 aliphatic rings. The molecular formula is C25H29F3N4O. The first kappa shape index (κ1) is 24.4. The molecule has 2 N–H and O–H groups in total. The van der Waals surface area contributed by atoms with Crippen molar-refractivity contribution in [2.45, 2.75) is 58.7 Å². The third-order valence-corrected chi connectivity index (χ3v) is 5.17. The molecule has 0 fully saturated rings. The van der Waals surface area contributed by atoms with Crippen molar-refractivity contribution < 1.29 is 17.9 Å². The van der Waals surface area contributed by atoms with Crippen molar-refractivity contribution in [3.8, 4) is 5.75 Å². The lowest BCUT2D eigenvalue weighted by Gasteiger charge is -2.19. The first-order valence-electron chi connectivity index (χ1n) is 11.1. The van der Waals surface area contributed by atoms with E-state index < -0.39 is 11.7 Å². The van der Waals surface area contributed by atoms with Crippen LogP contribution in [0.4, 0.5) is 36.3 Å². The molecule has 2 aromatic carbocycles. The predicted octanol–water partition coefficient (Wildman–Crippen LogP) is 7.50. The predicted molar refractivity (Wildman–Crippen MR) is 125 cm³/mol. The number of nitrogens with one attached hydrogen (secondary N) is 2. The van der Waals surface area contributed by atoms with Crippen LogP contribution in [0.5, 0.6) is 5.75 Å². The Bertz CT molecular complexity index is 1040. The lowest BCUT2D eigenvalue weighted by atomic mass is 10.1. The number of aromatic nitrogens is 2. The van der Waals surface area contributed by atoms with E-state index in [1.54, 1.807) is 24.3 Å². The molecule has 8 heteroatoms. The van der Waals surface area contributed by atoms with E-state index in [0.29, 0.717) is 17.1 Å². The SMILES string of the molecule is CCCCc1ccc(Nc2ncc(C(F)(F)F)c(Nc3ccccc3OC(C)CC)n2)cc1. The Balaban J connectivity index is 1.87. The maximum Gasteiger partial charge on any atom is 0.421 e. The highest BCUT2D eigenvalue weighted by Crippen LogP contribution is 2.37. The van der Waals surface area contributed by atoms with Gasteiger partial charge in [0, 0.05) is 11.9 Å². The van der Waals surface area contributed by atoms with Crippen molar-refractivity contribution in [2.75, 3.05) is 10.6 Å². The summed E-state index contributed by atoms with van der Waals surface area (Å²) < 4.78 is 46.8. The van der Waals surface area contributed by atoms with E-state index >= 15 is 0 Å². The Morgan fingerprint density at radius 3 is 2.39 bits per heavy atom. The molecule has 0 bridgehead atoms. The highest BCUT2D eigenvalue weighted by molar-refractivity contribution is 5.67. The average molecular weight is 459 g/mol. The quantitative estimate of drug-likeness (QED) is 0.329. The minimum atomic E-state index is -4.62. The van der Waals surface area contributed by atoms with E-state index in [-0.39, 0.29) is 17.9 Å². The van der Waals surface area contributed by atoms with Gasteiger partial charge in [0.15, 0.2) is 0 Å². The third kappa shape index (κ3) is 6.84. The smallest absolute Gasteiger partial charge is 0.421 e. The van der Waals surface area contributed by atoms with E-state index in [1.807, 2.05) is 38.1 Å². The molecule has 33 heavy (non-hydrogen) atoms. The van der Waals surface area contributed by atoms with Crippen LogP contribution in [0.1, 0.15) is 51.2 Å². The zero-order valence-corrected chi connectivity index (χ0v) is 19.0. The maximum absolute atomic E-state index is 13.6. The molecular weight excluding hydrogens is 429 g/mol. The molecule has 3 rings (SSSR count). The summed E-state index contributed by atoms with van der Waals surface area (Å²) in [6, 6.07) is 14.6. The van der Waals surface area contributed by atoms with Crippen LogP contribution in [0.3, 0.4) is 0 Å². The third-order valence-electron chi connectivity index (χ3n) is 5.17. The van der Waals surface area contributed by atoms with E-state index in [1.165, 1.54) is 5.56 Å². The van der Waals surface area contributed by atoms with Gasteiger partial charge in [-0.05, 0) is 56.0 Å². The Morgan fingerprint density at radius 2 is 1.73 bits per heavy atom. The van der Waals surface area contributed by atoms with Gasteiger partial charge in [-0.15, -0.1) is 0 Å². The fourth-order valence-corrected chi connectivity index (χ4v) is 3.11. The van der Waals surface area contributed by atoms with Crippen LogP contribution in [0.25, 0.3) is 0 Å². The molecule has 0 saturated heterocycles. The molecule has 0 amide bonds. The summed E-state index contributed by atoms with van der Waals surface area (Å²) in [6.07, 6.45) is 0.0469. The number of hydrogen-bond acceptors (Lipinski definition) is 5. The first-order valence-corrected chi connectivity index (χ1v) is 11.1. The largest absolute Gasteiger partial charge is 0.489 e. The number of aryl methyl sites for hydroxylation is 1. The Kier molecular flexibility index (Phi) is 8.14. The summed E-state index contributed by atoms with van der Waals surface area (Å²) in [5, 5.41) is 5.79. The molecule has 1 atom stereocenters. The van der Waals surface area contributed by atoms with Gasteiger partial charge in [0.05, 0.1) is 11.8 Å². The van der Waals surface area contributed by atoms with Gasteiger partial charge >= 0.3 is 6.18 Å². The van der Waals surface area contributed by atoms with Crippen LogP contribution in [0.2, 0.25) is 0 Å². The van der Waals surface area contributed by atoms with Crippen LogP contribution in [0.15, 0.2) is 54.7 Å². The maximum atomic E-state index is 13.6. The number of halogens is 3. The number of rotatable bonds is 10. The summed E-state index contributed by atoms with van der Waals surface area (Å²) in [5.41, 5.74) is 1.34. The fourth-order valence-electron chi connectivity index (χ4n) is 3.11. The van der Waals surface area contributed by atoms with Crippen molar-refractivity contribution in [2.24, 2.45) is 0 Å². The van der Waals surface area contributed by atoms with Crippen molar-refractivity contribution in [1.82, 2.24) is 9.97 Å². The Morgan fingerprint density at radius 1 is 1.00 bits per heavy atom. The monoisotopic (exact) mass is 458 g/mol. The second-order valence-electron chi connectivity index (χ2n) is 7.84. The van der Waals surface area contributed by atoms with Crippen molar-refractivity contribution in [3.05, 3.63) is 65.9 Å². The van der Waals surface area contributed by atoms with Crippen LogP contribution in [-0.2, 0) is 12.6 Å². The fraction of sp³-hybridized carbons (Fsp3) is 0.360. The minimum Gasteiger partial charge on any atom is -0.489 e. The summed E-state index contributed by atoms with van der Waals surface area (Å²) in [5.74, 6) is 0.169. The van der Waals surface area contributed by atoms with Gasteiger partial charge in [-0.1, -0.05) is 44.5 Å². The second-order valence-corrected chi connectivity index (χ2v) is 7.84. The lowest BCUT2D eigenvalue weighted by Crippen LogP contribution is -2.14. The number of para-hydroxylation sites is 2. The molecule has 1 heterocycles. The second kappa shape index (κ2) is 11.0. The molecule has 0 spiro atoms. The number of benzene rings is 2. The normalized spacial score (nSPS) is 12.3. The average Bonchev–Trinajstić information content (AvgIpc) is 2.79. The van der Waals surface area contributed by atoms with Gasteiger partial charge in [0.1, 0.15) is 17.1 Å².